The van der Waals surface area contributed by atoms with E-state index in [1.54, 1.807) is 11.8 Å². The highest BCUT2D eigenvalue weighted by Crippen LogP contribution is 2.20. The molecule has 0 aromatic rings. The first kappa shape index (κ1) is 16.7. The summed E-state index contributed by atoms with van der Waals surface area (Å²) in [5.74, 6) is 0.873. The van der Waals surface area contributed by atoms with Gasteiger partial charge in [-0.25, -0.2) is 0 Å². The molecule has 4 nitrogen and oxygen atoms in total. The lowest BCUT2D eigenvalue weighted by Crippen LogP contribution is -2.33. The molecule has 1 aliphatic heterocycles. The minimum Gasteiger partial charge on any atom is -0.469 e. The molecular formula is C13H23NO3S2. The van der Waals surface area contributed by atoms with E-state index in [4.69, 9.17) is 17.0 Å². The number of hydrogen-bond acceptors (Lipinski definition) is 5. The van der Waals surface area contributed by atoms with Crippen LogP contribution in [-0.4, -0.2) is 47.9 Å². The molecule has 1 atom stereocenters. The van der Waals surface area contributed by atoms with E-state index in [9.17, 15) is 4.79 Å². The highest BCUT2D eigenvalue weighted by molar-refractivity contribution is 8.22. The van der Waals surface area contributed by atoms with Crippen molar-refractivity contribution < 1.29 is 14.3 Å². The Morgan fingerprint density at radius 3 is 2.89 bits per heavy atom. The zero-order chi connectivity index (χ0) is 14.1. The Morgan fingerprint density at radius 1 is 1.47 bits per heavy atom. The first-order valence-corrected chi connectivity index (χ1v) is 8.12. The zero-order valence-corrected chi connectivity index (χ0v) is 13.4. The van der Waals surface area contributed by atoms with Crippen LogP contribution in [0.25, 0.3) is 0 Å². The predicted molar refractivity (Wildman–Crippen MR) is 82.3 cm³/mol. The molecule has 0 amide bonds. The maximum Gasteiger partial charge on any atom is 0.305 e. The average Bonchev–Trinajstić information content (AvgIpc) is 2.95. The van der Waals surface area contributed by atoms with Crippen molar-refractivity contribution in [1.82, 2.24) is 4.90 Å². The number of ether oxygens (including phenoxy) is 2. The highest BCUT2D eigenvalue weighted by Gasteiger charge is 2.21. The number of thioether (sulfide) groups is 1. The molecule has 1 unspecified atom stereocenters. The fourth-order valence-corrected chi connectivity index (χ4v) is 3.11. The van der Waals surface area contributed by atoms with Gasteiger partial charge in [-0.1, -0.05) is 30.4 Å². The number of esters is 1. The third-order valence-electron chi connectivity index (χ3n) is 3.10. The van der Waals surface area contributed by atoms with Crippen LogP contribution >= 0.6 is 24.0 Å². The van der Waals surface area contributed by atoms with Crippen LogP contribution in [-0.2, 0) is 14.3 Å². The molecule has 19 heavy (non-hydrogen) atoms. The number of methoxy groups -OCH3 is 1. The van der Waals surface area contributed by atoms with Crippen molar-refractivity contribution in [3.05, 3.63) is 0 Å². The summed E-state index contributed by atoms with van der Waals surface area (Å²) in [6.07, 6.45) is 5.87. The van der Waals surface area contributed by atoms with Gasteiger partial charge < -0.3 is 14.4 Å². The van der Waals surface area contributed by atoms with Crippen LogP contribution in [0.1, 0.15) is 38.5 Å². The second-order valence-corrected chi connectivity index (χ2v) is 6.31. The topological polar surface area (TPSA) is 38.8 Å². The molecule has 0 spiro atoms. The van der Waals surface area contributed by atoms with Gasteiger partial charge in [0, 0.05) is 25.8 Å². The Labute approximate surface area is 125 Å². The minimum absolute atomic E-state index is 0.124. The predicted octanol–water partition coefficient (Wildman–Crippen LogP) is 2.81. The van der Waals surface area contributed by atoms with Gasteiger partial charge in [-0.3, -0.25) is 4.79 Å². The molecule has 1 saturated heterocycles. The van der Waals surface area contributed by atoms with Crippen LogP contribution in [0.4, 0.5) is 0 Å². The van der Waals surface area contributed by atoms with Crippen LogP contribution in [0.5, 0.6) is 0 Å². The van der Waals surface area contributed by atoms with Gasteiger partial charge in [0.1, 0.15) is 10.5 Å². The van der Waals surface area contributed by atoms with Gasteiger partial charge in [0.15, 0.2) is 0 Å². The Kier molecular flexibility index (Phi) is 8.41. The van der Waals surface area contributed by atoms with Crippen molar-refractivity contribution in [1.29, 1.82) is 0 Å². The quantitative estimate of drug-likeness (QED) is 0.409. The van der Waals surface area contributed by atoms with E-state index in [0.717, 1.165) is 48.8 Å². The van der Waals surface area contributed by atoms with Gasteiger partial charge in [0.2, 0.25) is 0 Å². The largest absolute Gasteiger partial charge is 0.469 e. The van der Waals surface area contributed by atoms with Gasteiger partial charge in [-0.05, 0) is 25.7 Å². The monoisotopic (exact) mass is 305 g/mol. The number of carbonyl (C=O) groups excluding carboxylic acids is 1. The standard InChI is InChI=1S/C13H23NO3S2/c1-14(11-7-6-9-17-11)13(18)19-10-5-3-4-8-12(15)16-2/h11H,3-10H2,1-2H3. The van der Waals surface area contributed by atoms with E-state index < -0.39 is 0 Å². The Morgan fingerprint density at radius 2 is 2.26 bits per heavy atom. The molecule has 6 heteroatoms. The second-order valence-electron chi connectivity index (χ2n) is 4.58. The Balaban J connectivity index is 2.02. The molecule has 110 valence electrons. The van der Waals surface area contributed by atoms with Crippen molar-refractivity contribution in [2.75, 3.05) is 26.5 Å². The number of rotatable bonds is 7. The van der Waals surface area contributed by atoms with Crippen LogP contribution in [0.2, 0.25) is 0 Å². The number of thiocarbonyl (C=S) groups is 1. The molecule has 0 radical (unpaired) electrons. The molecule has 0 aromatic heterocycles. The van der Waals surface area contributed by atoms with E-state index in [-0.39, 0.29) is 12.2 Å². The third kappa shape index (κ3) is 6.58. The fraction of sp³-hybridized carbons (Fsp3) is 0.846. The maximum absolute atomic E-state index is 10.9. The van der Waals surface area contributed by atoms with Crippen molar-refractivity contribution in [2.45, 2.75) is 44.8 Å². The second kappa shape index (κ2) is 9.55. The van der Waals surface area contributed by atoms with E-state index in [0.29, 0.717) is 6.42 Å². The highest BCUT2D eigenvalue weighted by atomic mass is 32.2. The minimum atomic E-state index is -0.124. The smallest absolute Gasteiger partial charge is 0.305 e. The lowest BCUT2D eigenvalue weighted by atomic mass is 10.2. The summed E-state index contributed by atoms with van der Waals surface area (Å²) < 4.78 is 11.1. The summed E-state index contributed by atoms with van der Waals surface area (Å²) in [4.78, 5) is 13.0. The summed E-state index contributed by atoms with van der Waals surface area (Å²) in [6.45, 7) is 0.843. The fourth-order valence-electron chi connectivity index (χ4n) is 1.90. The molecular weight excluding hydrogens is 282 g/mol. The third-order valence-corrected chi connectivity index (χ3v) is 4.77. The SMILES string of the molecule is COC(=O)CCCCCSC(=S)N(C)C1CCCO1. The number of nitrogens with zero attached hydrogens (tertiary/aromatic N) is 1. The van der Waals surface area contributed by atoms with Crippen molar-refractivity contribution >= 4 is 34.3 Å². The van der Waals surface area contributed by atoms with Crippen molar-refractivity contribution in [3.8, 4) is 0 Å². The summed E-state index contributed by atoms with van der Waals surface area (Å²) in [5, 5.41) is 0. The average molecular weight is 305 g/mol. The van der Waals surface area contributed by atoms with Crippen molar-refractivity contribution in [3.63, 3.8) is 0 Å². The first-order valence-electron chi connectivity index (χ1n) is 6.73. The van der Waals surface area contributed by atoms with Gasteiger partial charge in [0.25, 0.3) is 0 Å². The van der Waals surface area contributed by atoms with E-state index >= 15 is 0 Å². The number of carbonyl (C=O) groups is 1. The summed E-state index contributed by atoms with van der Waals surface area (Å²) in [7, 11) is 3.43. The molecule has 1 fully saturated rings. The van der Waals surface area contributed by atoms with E-state index in [2.05, 4.69) is 9.64 Å². The molecule has 1 aliphatic rings. The van der Waals surface area contributed by atoms with Crippen LogP contribution in [0.3, 0.4) is 0 Å². The van der Waals surface area contributed by atoms with Gasteiger partial charge in [0.05, 0.1) is 7.11 Å². The van der Waals surface area contributed by atoms with Crippen LogP contribution in [0.15, 0.2) is 0 Å². The molecule has 0 bridgehead atoms. The zero-order valence-electron chi connectivity index (χ0n) is 11.7. The normalized spacial score (nSPS) is 18.3. The molecule has 1 rings (SSSR count). The summed E-state index contributed by atoms with van der Waals surface area (Å²) in [6, 6.07) is 0. The molecule has 0 aliphatic carbocycles. The molecule has 0 saturated carbocycles. The first-order chi connectivity index (χ1) is 9.15. The van der Waals surface area contributed by atoms with E-state index in [1.165, 1.54) is 7.11 Å². The molecule has 0 N–H and O–H groups in total. The van der Waals surface area contributed by atoms with Crippen LogP contribution in [0, 0.1) is 0 Å². The van der Waals surface area contributed by atoms with Gasteiger partial charge >= 0.3 is 5.97 Å². The van der Waals surface area contributed by atoms with Crippen molar-refractivity contribution in [2.24, 2.45) is 0 Å². The Bertz CT molecular complexity index is 294. The number of unbranched alkanes of at least 4 members (excludes halogenated alkanes) is 2. The molecule has 1 heterocycles. The number of hydrogen-bond donors (Lipinski definition) is 0. The van der Waals surface area contributed by atoms with Gasteiger partial charge in [-0.2, -0.15) is 0 Å². The summed E-state index contributed by atoms with van der Waals surface area (Å²) >= 11 is 7.08. The molecule has 0 aromatic carbocycles. The summed E-state index contributed by atoms with van der Waals surface area (Å²) in [5.41, 5.74) is 0. The Hall–Kier alpha value is -0.330. The lowest BCUT2D eigenvalue weighted by Gasteiger charge is -2.25. The maximum atomic E-state index is 10.9. The van der Waals surface area contributed by atoms with E-state index in [1.807, 2.05) is 7.05 Å². The van der Waals surface area contributed by atoms with Crippen LogP contribution < -0.4 is 0 Å². The lowest BCUT2D eigenvalue weighted by molar-refractivity contribution is -0.140. The van der Waals surface area contributed by atoms with Gasteiger partial charge in [-0.15, -0.1) is 0 Å².